The van der Waals surface area contributed by atoms with Gasteiger partial charge in [0, 0.05) is 0 Å². The Morgan fingerprint density at radius 3 is 1.86 bits per heavy atom. The molecule has 0 radical (unpaired) electrons. The van der Waals surface area contributed by atoms with Crippen LogP contribution < -0.4 is 0 Å². The molecular weight excluding hydrogens is 336 g/mol. The van der Waals surface area contributed by atoms with E-state index in [4.69, 9.17) is 0 Å². The molecule has 0 aliphatic carbocycles. The third-order valence-corrected chi connectivity index (χ3v) is 6.21. The van der Waals surface area contributed by atoms with Crippen LogP contribution in [-0.2, 0) is 6.42 Å². The minimum Gasteiger partial charge on any atom is -0.0906 e. The molecule has 28 heavy (non-hydrogen) atoms. The van der Waals surface area contributed by atoms with E-state index in [0.29, 0.717) is 5.92 Å². The average molecular weight is 375 g/mol. The second-order valence-corrected chi connectivity index (χ2v) is 8.65. The summed E-state index contributed by atoms with van der Waals surface area (Å²) in [7, 11) is 0. The summed E-state index contributed by atoms with van der Waals surface area (Å²) in [4.78, 5) is 0. The van der Waals surface area contributed by atoms with Crippen LogP contribution in [0.5, 0.6) is 0 Å². The molecule has 0 saturated heterocycles. The van der Waals surface area contributed by atoms with Crippen molar-refractivity contribution >= 4 is 11.1 Å². The van der Waals surface area contributed by atoms with Crippen LogP contribution in [0.4, 0.5) is 0 Å². The number of allylic oxidation sites excluding steroid dienone is 2. The van der Waals surface area contributed by atoms with Crippen molar-refractivity contribution in [3.8, 4) is 0 Å². The Kier molecular flexibility index (Phi) is 8.77. The zero-order chi connectivity index (χ0) is 20.5. The summed E-state index contributed by atoms with van der Waals surface area (Å²) in [5.41, 5.74) is 5.71. The lowest BCUT2D eigenvalue weighted by Crippen LogP contribution is -2.12. The first-order valence-corrected chi connectivity index (χ1v) is 10.9. The third kappa shape index (κ3) is 6.51. The molecule has 0 fully saturated rings. The van der Waals surface area contributed by atoms with Crippen LogP contribution in [0, 0.1) is 17.8 Å². The van der Waals surface area contributed by atoms with E-state index < -0.39 is 0 Å². The van der Waals surface area contributed by atoms with Crippen LogP contribution in [0.1, 0.15) is 70.1 Å². The number of hydrogen-bond donors (Lipinski definition) is 0. The van der Waals surface area contributed by atoms with Crippen molar-refractivity contribution in [2.45, 2.75) is 59.8 Å². The topological polar surface area (TPSA) is 0 Å². The highest BCUT2D eigenvalue weighted by molar-refractivity contribution is 6.02. The largest absolute Gasteiger partial charge is 0.0906 e. The molecule has 0 spiro atoms. The quantitative estimate of drug-likeness (QED) is 0.346. The smallest absolute Gasteiger partial charge is 0.0183 e. The minimum absolute atomic E-state index is 0.710. The van der Waals surface area contributed by atoms with Crippen LogP contribution in [0.15, 0.2) is 67.8 Å². The SMILES string of the molecule is C=C(C(=C)c1ccc(CC(C)C(C)CCC(C)CCC)cc1)c1ccccc1. The standard InChI is InChI=1S/C28H38/c1-7-11-21(2)14-15-22(3)23(4)20-26-16-18-28(19-17-26)25(6)24(5)27-12-9-8-10-13-27/h8-10,12-13,16-19,21-23H,5-7,11,14-15,20H2,1-4H3. The number of hydrogen-bond acceptors (Lipinski definition) is 0. The fourth-order valence-corrected chi connectivity index (χ4v) is 3.87. The van der Waals surface area contributed by atoms with Crippen molar-refractivity contribution in [2.24, 2.45) is 17.8 Å². The van der Waals surface area contributed by atoms with Gasteiger partial charge < -0.3 is 0 Å². The average Bonchev–Trinajstić information content (AvgIpc) is 2.72. The van der Waals surface area contributed by atoms with Crippen molar-refractivity contribution in [2.75, 3.05) is 0 Å². The fraction of sp³-hybridized carbons (Fsp3) is 0.429. The van der Waals surface area contributed by atoms with E-state index in [1.54, 1.807) is 0 Å². The Balaban J connectivity index is 1.91. The third-order valence-electron chi connectivity index (χ3n) is 6.21. The Labute approximate surface area is 173 Å². The van der Waals surface area contributed by atoms with Crippen molar-refractivity contribution < 1.29 is 0 Å². The van der Waals surface area contributed by atoms with Gasteiger partial charge in [-0.25, -0.2) is 0 Å². The van der Waals surface area contributed by atoms with Crippen LogP contribution in [-0.4, -0.2) is 0 Å². The maximum absolute atomic E-state index is 4.28. The van der Waals surface area contributed by atoms with Gasteiger partial charge in [0.1, 0.15) is 0 Å². The first-order chi connectivity index (χ1) is 13.4. The summed E-state index contributed by atoms with van der Waals surface area (Å²) in [5.74, 6) is 2.34. The first-order valence-electron chi connectivity index (χ1n) is 10.9. The van der Waals surface area contributed by atoms with Crippen molar-refractivity contribution in [3.05, 3.63) is 84.4 Å². The molecule has 0 nitrogen and oxygen atoms in total. The Hall–Kier alpha value is -2.08. The maximum Gasteiger partial charge on any atom is -0.0183 e. The highest BCUT2D eigenvalue weighted by Gasteiger charge is 2.14. The molecule has 2 rings (SSSR count). The molecule has 0 aliphatic rings. The monoisotopic (exact) mass is 374 g/mol. The van der Waals surface area contributed by atoms with E-state index in [-0.39, 0.29) is 0 Å². The molecule has 150 valence electrons. The molecule has 0 amide bonds. The lowest BCUT2D eigenvalue weighted by atomic mass is 9.84. The molecule has 0 aromatic heterocycles. The predicted octanol–water partition coefficient (Wildman–Crippen LogP) is 8.44. The summed E-state index contributed by atoms with van der Waals surface area (Å²) in [6, 6.07) is 19.2. The van der Waals surface area contributed by atoms with E-state index >= 15 is 0 Å². The first kappa shape index (κ1) is 22.2. The molecule has 0 heteroatoms. The molecule has 0 bridgehead atoms. The number of benzene rings is 2. The van der Waals surface area contributed by atoms with Gasteiger partial charge in [0.05, 0.1) is 0 Å². The maximum atomic E-state index is 4.28. The fourth-order valence-electron chi connectivity index (χ4n) is 3.87. The van der Waals surface area contributed by atoms with Crippen LogP contribution in [0.25, 0.3) is 11.1 Å². The van der Waals surface area contributed by atoms with Crippen LogP contribution >= 0.6 is 0 Å². The van der Waals surface area contributed by atoms with Gasteiger partial charge in [-0.2, -0.15) is 0 Å². The van der Waals surface area contributed by atoms with E-state index in [1.807, 2.05) is 18.2 Å². The van der Waals surface area contributed by atoms with E-state index in [0.717, 1.165) is 40.5 Å². The lowest BCUT2D eigenvalue weighted by Gasteiger charge is -2.22. The predicted molar refractivity (Wildman–Crippen MR) is 126 cm³/mol. The Bertz CT molecular complexity index is 735. The van der Waals surface area contributed by atoms with Crippen molar-refractivity contribution in [1.82, 2.24) is 0 Å². The summed E-state index contributed by atoms with van der Waals surface area (Å²) < 4.78 is 0. The highest BCUT2D eigenvalue weighted by atomic mass is 14.2. The van der Waals surface area contributed by atoms with E-state index in [9.17, 15) is 0 Å². The molecule has 0 N–H and O–H groups in total. The van der Waals surface area contributed by atoms with Crippen molar-refractivity contribution in [3.63, 3.8) is 0 Å². The highest BCUT2D eigenvalue weighted by Crippen LogP contribution is 2.29. The molecular formula is C28H38. The summed E-state index contributed by atoms with van der Waals surface area (Å²) in [5, 5.41) is 0. The minimum atomic E-state index is 0.710. The summed E-state index contributed by atoms with van der Waals surface area (Å²) in [6.45, 7) is 18.0. The molecule has 0 aliphatic heterocycles. The normalized spacial score (nSPS) is 14.3. The van der Waals surface area contributed by atoms with Gasteiger partial charge in [0.2, 0.25) is 0 Å². The Morgan fingerprint density at radius 1 is 0.714 bits per heavy atom. The van der Waals surface area contributed by atoms with E-state index in [2.05, 4.69) is 77.3 Å². The second-order valence-electron chi connectivity index (χ2n) is 8.65. The molecule has 3 atom stereocenters. The molecule has 2 aromatic carbocycles. The second kappa shape index (κ2) is 11.1. The molecule has 0 saturated carbocycles. The van der Waals surface area contributed by atoms with Gasteiger partial charge in [-0.05, 0) is 52.0 Å². The van der Waals surface area contributed by atoms with E-state index in [1.165, 1.54) is 31.2 Å². The number of rotatable bonds is 11. The van der Waals surface area contributed by atoms with Gasteiger partial charge >= 0.3 is 0 Å². The summed E-state index contributed by atoms with van der Waals surface area (Å²) >= 11 is 0. The summed E-state index contributed by atoms with van der Waals surface area (Å²) in [6.07, 6.45) is 6.52. The zero-order valence-electron chi connectivity index (χ0n) is 18.4. The van der Waals surface area contributed by atoms with Crippen LogP contribution in [0.3, 0.4) is 0 Å². The zero-order valence-corrected chi connectivity index (χ0v) is 18.4. The van der Waals surface area contributed by atoms with Gasteiger partial charge in [-0.3, -0.25) is 0 Å². The van der Waals surface area contributed by atoms with Gasteiger partial charge in [-0.1, -0.05) is 121 Å². The lowest BCUT2D eigenvalue weighted by molar-refractivity contribution is 0.323. The van der Waals surface area contributed by atoms with Crippen LogP contribution in [0.2, 0.25) is 0 Å². The molecule has 2 aromatic rings. The molecule has 0 heterocycles. The Morgan fingerprint density at radius 2 is 1.29 bits per heavy atom. The van der Waals surface area contributed by atoms with Crippen molar-refractivity contribution in [1.29, 1.82) is 0 Å². The molecule has 3 unspecified atom stereocenters. The van der Waals surface area contributed by atoms with Gasteiger partial charge in [-0.15, -0.1) is 0 Å². The van der Waals surface area contributed by atoms with Gasteiger partial charge in [0.25, 0.3) is 0 Å². The van der Waals surface area contributed by atoms with Gasteiger partial charge in [0.15, 0.2) is 0 Å².